The van der Waals surface area contributed by atoms with Gasteiger partial charge in [-0.1, -0.05) is 13.8 Å². The number of rotatable bonds is 4. The van der Waals surface area contributed by atoms with Crippen LogP contribution in [0.15, 0.2) is 34.7 Å². The molecule has 2 amide bonds. The van der Waals surface area contributed by atoms with E-state index in [4.69, 9.17) is 0 Å². The van der Waals surface area contributed by atoms with Gasteiger partial charge in [0.2, 0.25) is 0 Å². The summed E-state index contributed by atoms with van der Waals surface area (Å²) in [4.78, 5) is 30.7. The molecule has 0 saturated carbocycles. The third kappa shape index (κ3) is 3.27. The number of sulfonamides is 1. The Morgan fingerprint density at radius 1 is 1.11 bits per heavy atom. The number of fused-ring (bicyclic) bond motifs is 1. The van der Waals surface area contributed by atoms with Crippen LogP contribution in [-0.4, -0.2) is 47.5 Å². The number of carbonyl (C=O) groups is 2. The van der Waals surface area contributed by atoms with Crippen molar-refractivity contribution in [2.45, 2.75) is 31.0 Å². The first-order valence-electron chi connectivity index (χ1n) is 9.17. The molecule has 2 aliphatic heterocycles. The smallest absolute Gasteiger partial charge is 0.268 e. The fourth-order valence-electron chi connectivity index (χ4n) is 3.92. The maximum Gasteiger partial charge on any atom is 0.280 e. The molecule has 1 saturated heterocycles. The predicted octanol–water partition coefficient (Wildman–Crippen LogP) is 2.61. The van der Waals surface area contributed by atoms with Gasteiger partial charge in [-0.25, -0.2) is 8.42 Å². The lowest BCUT2D eigenvalue weighted by atomic mass is 9.94. The molecule has 0 radical (unpaired) electrons. The summed E-state index contributed by atoms with van der Waals surface area (Å²) in [7, 11) is -3.57. The van der Waals surface area contributed by atoms with E-state index in [1.165, 1.54) is 6.20 Å². The standard InChI is InChI=1S/C19H21N3O4S2/c1-12-8-13(2)10-21(9-12)28(25,26)16-6-5-14(27-16)11-22-18(23)15-4-3-7-20-17(15)19(22)24/h3-7,12-13H,8-11H2,1-2H3/t12-,13+. The van der Waals surface area contributed by atoms with Gasteiger partial charge in [0.25, 0.3) is 21.8 Å². The summed E-state index contributed by atoms with van der Waals surface area (Å²) in [5.41, 5.74) is 0.432. The van der Waals surface area contributed by atoms with Gasteiger partial charge in [0.05, 0.1) is 12.1 Å². The van der Waals surface area contributed by atoms with Crippen LogP contribution in [0.25, 0.3) is 0 Å². The van der Waals surface area contributed by atoms with E-state index >= 15 is 0 Å². The molecule has 0 bridgehead atoms. The van der Waals surface area contributed by atoms with E-state index < -0.39 is 21.8 Å². The van der Waals surface area contributed by atoms with Gasteiger partial charge in [0, 0.05) is 24.2 Å². The van der Waals surface area contributed by atoms with Crippen molar-refractivity contribution >= 4 is 33.2 Å². The summed E-state index contributed by atoms with van der Waals surface area (Å²) < 4.78 is 27.8. The minimum Gasteiger partial charge on any atom is -0.268 e. The molecule has 0 aliphatic carbocycles. The molecule has 2 aromatic heterocycles. The Balaban J connectivity index is 1.54. The molecule has 7 nitrogen and oxygen atoms in total. The van der Waals surface area contributed by atoms with Gasteiger partial charge in [-0.15, -0.1) is 11.3 Å². The molecule has 28 heavy (non-hydrogen) atoms. The van der Waals surface area contributed by atoms with Crippen molar-refractivity contribution in [1.82, 2.24) is 14.2 Å². The number of imide groups is 1. The van der Waals surface area contributed by atoms with Crippen LogP contribution in [0.2, 0.25) is 0 Å². The Hall–Kier alpha value is -2.10. The zero-order chi connectivity index (χ0) is 20.1. The minimum absolute atomic E-state index is 0.0427. The van der Waals surface area contributed by atoms with Crippen molar-refractivity contribution in [3.8, 4) is 0 Å². The van der Waals surface area contributed by atoms with Crippen molar-refractivity contribution in [2.24, 2.45) is 11.8 Å². The molecule has 2 atom stereocenters. The molecule has 0 spiro atoms. The second-order valence-electron chi connectivity index (χ2n) is 7.58. The largest absolute Gasteiger partial charge is 0.280 e. The van der Waals surface area contributed by atoms with Crippen LogP contribution in [0.3, 0.4) is 0 Å². The first-order valence-corrected chi connectivity index (χ1v) is 11.4. The number of piperidine rings is 1. The Labute approximate surface area is 168 Å². The summed E-state index contributed by atoms with van der Waals surface area (Å²) in [6.45, 7) is 5.21. The van der Waals surface area contributed by atoms with Crippen LogP contribution in [-0.2, 0) is 16.6 Å². The maximum atomic E-state index is 13.0. The fraction of sp³-hybridized carbons (Fsp3) is 0.421. The van der Waals surface area contributed by atoms with Crippen LogP contribution in [0, 0.1) is 11.8 Å². The lowest BCUT2D eigenvalue weighted by Gasteiger charge is -2.33. The van der Waals surface area contributed by atoms with Gasteiger partial charge < -0.3 is 0 Å². The van der Waals surface area contributed by atoms with Crippen LogP contribution in [0.5, 0.6) is 0 Å². The molecule has 0 N–H and O–H groups in total. The molecule has 4 heterocycles. The van der Waals surface area contributed by atoms with Gasteiger partial charge in [0.1, 0.15) is 9.90 Å². The van der Waals surface area contributed by atoms with Gasteiger partial charge >= 0.3 is 0 Å². The van der Waals surface area contributed by atoms with Gasteiger partial charge in [0.15, 0.2) is 0 Å². The maximum absolute atomic E-state index is 13.0. The molecule has 2 aliphatic rings. The number of hydrogen-bond acceptors (Lipinski definition) is 6. The monoisotopic (exact) mass is 419 g/mol. The Kier molecular flexibility index (Phi) is 4.84. The number of thiophene rings is 1. The van der Waals surface area contributed by atoms with Crippen molar-refractivity contribution in [3.63, 3.8) is 0 Å². The number of hydrogen-bond donors (Lipinski definition) is 0. The SMILES string of the molecule is C[C@@H]1C[C@H](C)CN(S(=O)(=O)c2ccc(CN3C(=O)c4cccnc4C3=O)s2)C1. The van der Waals surface area contributed by atoms with E-state index in [9.17, 15) is 18.0 Å². The third-order valence-electron chi connectivity index (χ3n) is 5.11. The highest BCUT2D eigenvalue weighted by molar-refractivity contribution is 7.91. The van der Waals surface area contributed by atoms with Crippen molar-refractivity contribution in [2.75, 3.05) is 13.1 Å². The van der Waals surface area contributed by atoms with E-state index in [2.05, 4.69) is 18.8 Å². The molecule has 1 fully saturated rings. The summed E-state index contributed by atoms with van der Waals surface area (Å²) in [6, 6.07) is 6.43. The summed E-state index contributed by atoms with van der Waals surface area (Å²) in [5, 5.41) is 0. The van der Waals surface area contributed by atoms with Crippen LogP contribution in [0.1, 0.15) is 46.0 Å². The molecule has 4 rings (SSSR count). The van der Waals surface area contributed by atoms with Crippen molar-refractivity contribution < 1.29 is 18.0 Å². The summed E-state index contributed by atoms with van der Waals surface area (Å²) in [5.74, 6) is -0.200. The van der Waals surface area contributed by atoms with E-state index in [1.54, 1.807) is 28.6 Å². The molecule has 0 aromatic carbocycles. The Morgan fingerprint density at radius 3 is 2.50 bits per heavy atom. The van der Waals surface area contributed by atoms with Crippen molar-refractivity contribution in [3.05, 3.63) is 46.6 Å². The molecule has 2 aromatic rings. The van der Waals surface area contributed by atoms with Gasteiger partial charge in [-0.05, 0) is 42.5 Å². The summed E-state index contributed by atoms with van der Waals surface area (Å²) in [6.07, 6.45) is 2.50. The molecular weight excluding hydrogens is 398 g/mol. The van der Waals surface area contributed by atoms with Crippen LogP contribution < -0.4 is 0 Å². The Morgan fingerprint density at radius 2 is 1.82 bits per heavy atom. The average Bonchev–Trinajstić information content (AvgIpc) is 3.21. The number of amides is 2. The normalized spacial score (nSPS) is 23.3. The lowest BCUT2D eigenvalue weighted by molar-refractivity contribution is 0.0642. The Bertz CT molecular complexity index is 1000. The van der Waals surface area contributed by atoms with E-state index in [-0.39, 0.29) is 22.0 Å². The average molecular weight is 420 g/mol. The molecule has 148 valence electrons. The van der Waals surface area contributed by atoms with Gasteiger partial charge in [-0.2, -0.15) is 4.31 Å². The highest BCUT2D eigenvalue weighted by Gasteiger charge is 2.37. The second-order valence-corrected chi connectivity index (χ2v) is 10.9. The first-order chi connectivity index (χ1) is 13.3. The highest BCUT2D eigenvalue weighted by atomic mass is 32.2. The van der Waals surface area contributed by atoms with Crippen LogP contribution in [0.4, 0.5) is 0 Å². The number of pyridine rings is 1. The highest BCUT2D eigenvalue weighted by Crippen LogP contribution is 2.31. The fourth-order valence-corrected chi connectivity index (χ4v) is 7.10. The molecular formula is C19H21N3O4S2. The summed E-state index contributed by atoms with van der Waals surface area (Å²) >= 11 is 1.11. The quantitative estimate of drug-likeness (QED) is 0.711. The molecule has 0 unspecified atom stereocenters. The van der Waals surface area contributed by atoms with Crippen molar-refractivity contribution in [1.29, 1.82) is 0 Å². The number of aromatic nitrogens is 1. The topological polar surface area (TPSA) is 87.7 Å². The number of carbonyl (C=O) groups excluding carboxylic acids is 2. The van der Waals surface area contributed by atoms with E-state index in [1.807, 2.05) is 0 Å². The predicted molar refractivity (Wildman–Crippen MR) is 104 cm³/mol. The zero-order valence-corrected chi connectivity index (χ0v) is 17.3. The third-order valence-corrected chi connectivity index (χ3v) is 8.48. The number of nitrogens with zero attached hydrogens (tertiary/aromatic N) is 3. The van der Waals surface area contributed by atoms with Crippen LogP contribution >= 0.6 is 11.3 Å². The lowest BCUT2D eigenvalue weighted by Crippen LogP contribution is -2.42. The van der Waals surface area contributed by atoms with E-state index in [0.717, 1.165) is 22.7 Å². The van der Waals surface area contributed by atoms with Gasteiger partial charge in [-0.3, -0.25) is 19.5 Å². The first kappa shape index (κ1) is 19.2. The molecule has 9 heteroatoms. The minimum atomic E-state index is -3.57. The second kappa shape index (κ2) is 7.06. The van der Waals surface area contributed by atoms with E-state index in [0.29, 0.717) is 29.8 Å². The zero-order valence-electron chi connectivity index (χ0n) is 15.7.